The maximum absolute atomic E-state index is 10.9. The molecule has 0 amide bonds. The summed E-state index contributed by atoms with van der Waals surface area (Å²) in [6, 6.07) is 8.97. The van der Waals surface area contributed by atoms with Gasteiger partial charge in [0.1, 0.15) is 12.4 Å². The third kappa shape index (κ3) is 4.44. The van der Waals surface area contributed by atoms with Crippen LogP contribution >= 0.6 is 0 Å². The van der Waals surface area contributed by atoms with Gasteiger partial charge in [-0.05, 0) is 42.8 Å². The van der Waals surface area contributed by atoms with Crippen molar-refractivity contribution in [3.63, 3.8) is 0 Å². The molecular weight excluding hydrogens is 340 g/mol. The highest BCUT2D eigenvalue weighted by Gasteiger charge is 2.24. The van der Waals surface area contributed by atoms with Gasteiger partial charge in [0.25, 0.3) is 0 Å². The Bertz CT molecular complexity index is 745. The number of methoxy groups -OCH3 is 1. The van der Waals surface area contributed by atoms with Gasteiger partial charge in [0.15, 0.2) is 29.1 Å². The van der Waals surface area contributed by atoms with Gasteiger partial charge in [0, 0.05) is 5.56 Å². The molecule has 0 spiro atoms. The Morgan fingerprint density at radius 1 is 1.12 bits per heavy atom. The summed E-state index contributed by atoms with van der Waals surface area (Å²) in [7, 11) is 1.40. The van der Waals surface area contributed by atoms with Gasteiger partial charge in [-0.15, -0.1) is 0 Å². The number of aromatic hydroxyl groups is 1. The lowest BCUT2D eigenvalue weighted by Gasteiger charge is -2.24. The number of phenols is 1. The highest BCUT2D eigenvalue weighted by atomic mass is 16.5. The molecule has 7 heteroatoms. The standard InChI is InChI=1S/C19H22O7/c1-3-25-17-8-12(10-20)4-7-15(17)26-18(11-21)19(23)13-5-6-14(22)16(9-13)24-2/h4-10,18-19,21-23H,3,11H2,1-2H3. The van der Waals surface area contributed by atoms with Crippen LogP contribution in [0, 0.1) is 0 Å². The van der Waals surface area contributed by atoms with Crippen LogP contribution in [0.5, 0.6) is 23.0 Å². The number of benzene rings is 2. The Morgan fingerprint density at radius 2 is 1.88 bits per heavy atom. The normalized spacial score (nSPS) is 12.9. The zero-order chi connectivity index (χ0) is 19.1. The van der Waals surface area contributed by atoms with E-state index in [2.05, 4.69) is 0 Å². The molecule has 0 fully saturated rings. The van der Waals surface area contributed by atoms with E-state index in [9.17, 15) is 20.1 Å². The molecule has 2 unspecified atom stereocenters. The van der Waals surface area contributed by atoms with Crippen LogP contribution in [0.4, 0.5) is 0 Å². The summed E-state index contributed by atoms with van der Waals surface area (Å²) in [6.07, 6.45) is -1.49. The molecule has 0 bridgehead atoms. The average molecular weight is 362 g/mol. The van der Waals surface area contributed by atoms with Crippen molar-refractivity contribution in [2.24, 2.45) is 0 Å². The number of aliphatic hydroxyl groups is 2. The fourth-order valence-electron chi connectivity index (χ4n) is 2.42. The summed E-state index contributed by atoms with van der Waals surface area (Å²) in [5.74, 6) is 0.768. The first-order valence-corrected chi connectivity index (χ1v) is 8.08. The van der Waals surface area contributed by atoms with E-state index in [0.29, 0.717) is 35.5 Å². The Labute approximate surface area is 151 Å². The molecule has 0 aliphatic carbocycles. The van der Waals surface area contributed by atoms with Gasteiger partial charge >= 0.3 is 0 Å². The van der Waals surface area contributed by atoms with E-state index < -0.39 is 18.8 Å². The zero-order valence-corrected chi connectivity index (χ0v) is 14.6. The van der Waals surface area contributed by atoms with Crippen LogP contribution in [0.2, 0.25) is 0 Å². The topological polar surface area (TPSA) is 105 Å². The number of aldehydes is 1. The lowest BCUT2D eigenvalue weighted by atomic mass is 10.0. The number of carbonyl (C=O) groups is 1. The molecule has 2 rings (SSSR count). The monoisotopic (exact) mass is 362 g/mol. The molecule has 2 atom stereocenters. The predicted octanol–water partition coefficient (Wildman–Crippen LogP) is 2.09. The molecule has 26 heavy (non-hydrogen) atoms. The molecule has 140 valence electrons. The Hall–Kier alpha value is -2.77. The van der Waals surface area contributed by atoms with Gasteiger partial charge in [0.05, 0.1) is 20.3 Å². The largest absolute Gasteiger partial charge is 0.504 e. The summed E-state index contributed by atoms with van der Waals surface area (Å²) in [5.41, 5.74) is 0.825. The van der Waals surface area contributed by atoms with Crippen molar-refractivity contribution < 1.29 is 34.3 Å². The molecule has 2 aromatic carbocycles. The number of aliphatic hydroxyl groups excluding tert-OH is 2. The van der Waals surface area contributed by atoms with Crippen LogP contribution in [0.25, 0.3) is 0 Å². The van der Waals surface area contributed by atoms with E-state index in [1.54, 1.807) is 19.1 Å². The molecule has 3 N–H and O–H groups in total. The number of rotatable bonds is 9. The predicted molar refractivity (Wildman–Crippen MR) is 94.1 cm³/mol. The van der Waals surface area contributed by atoms with Gasteiger partial charge in [0.2, 0.25) is 0 Å². The van der Waals surface area contributed by atoms with Gasteiger partial charge in [-0.25, -0.2) is 0 Å². The second-order valence-electron chi connectivity index (χ2n) is 5.47. The van der Waals surface area contributed by atoms with E-state index in [-0.39, 0.29) is 11.5 Å². The smallest absolute Gasteiger partial charge is 0.161 e. The molecule has 0 aliphatic rings. The van der Waals surface area contributed by atoms with E-state index in [1.807, 2.05) is 0 Å². The first kappa shape index (κ1) is 19.6. The van der Waals surface area contributed by atoms with Crippen LogP contribution in [-0.4, -0.2) is 48.0 Å². The molecule has 0 saturated carbocycles. The molecule has 7 nitrogen and oxygen atoms in total. The number of carbonyl (C=O) groups excluding carboxylic acids is 1. The molecule has 0 aromatic heterocycles. The number of hydrogen-bond donors (Lipinski definition) is 3. The van der Waals surface area contributed by atoms with Crippen molar-refractivity contribution >= 4 is 6.29 Å². The summed E-state index contributed by atoms with van der Waals surface area (Å²) in [4.78, 5) is 10.9. The van der Waals surface area contributed by atoms with Gasteiger partial charge in [-0.1, -0.05) is 6.07 Å². The molecule has 0 aliphatic heterocycles. The van der Waals surface area contributed by atoms with Crippen LogP contribution in [0.15, 0.2) is 36.4 Å². The average Bonchev–Trinajstić information content (AvgIpc) is 2.67. The first-order valence-electron chi connectivity index (χ1n) is 8.08. The van der Waals surface area contributed by atoms with Crippen LogP contribution in [0.1, 0.15) is 28.9 Å². The highest BCUT2D eigenvalue weighted by Crippen LogP contribution is 2.33. The lowest BCUT2D eigenvalue weighted by Crippen LogP contribution is -2.29. The molecule has 0 saturated heterocycles. The minimum Gasteiger partial charge on any atom is -0.504 e. The number of phenolic OH excluding ortho intramolecular Hbond substituents is 1. The molecule has 2 aromatic rings. The Balaban J connectivity index is 2.27. The summed E-state index contributed by atoms with van der Waals surface area (Å²) in [5, 5.41) is 29.9. The van der Waals surface area contributed by atoms with Crippen molar-refractivity contribution in [3.8, 4) is 23.0 Å². The van der Waals surface area contributed by atoms with E-state index in [1.165, 1.54) is 31.4 Å². The molecular formula is C19H22O7. The van der Waals surface area contributed by atoms with E-state index in [0.717, 1.165) is 0 Å². The highest BCUT2D eigenvalue weighted by molar-refractivity contribution is 5.76. The molecule has 0 radical (unpaired) electrons. The van der Waals surface area contributed by atoms with Crippen molar-refractivity contribution in [1.82, 2.24) is 0 Å². The maximum Gasteiger partial charge on any atom is 0.161 e. The van der Waals surface area contributed by atoms with Gasteiger partial charge in [-0.3, -0.25) is 4.79 Å². The fraction of sp³-hybridized carbons (Fsp3) is 0.316. The van der Waals surface area contributed by atoms with Gasteiger partial charge < -0.3 is 29.5 Å². The minimum atomic E-state index is -1.19. The lowest BCUT2D eigenvalue weighted by molar-refractivity contribution is -0.000745. The summed E-state index contributed by atoms with van der Waals surface area (Å²) in [6.45, 7) is 1.68. The van der Waals surface area contributed by atoms with Crippen molar-refractivity contribution in [2.45, 2.75) is 19.1 Å². The minimum absolute atomic E-state index is 0.0620. The summed E-state index contributed by atoms with van der Waals surface area (Å²) >= 11 is 0. The van der Waals surface area contributed by atoms with E-state index in [4.69, 9.17) is 14.2 Å². The quantitative estimate of drug-likeness (QED) is 0.587. The third-order valence-corrected chi connectivity index (χ3v) is 3.76. The van der Waals surface area contributed by atoms with Crippen LogP contribution < -0.4 is 14.2 Å². The van der Waals surface area contributed by atoms with Gasteiger partial charge in [-0.2, -0.15) is 0 Å². The second kappa shape index (κ2) is 9.07. The SMILES string of the molecule is CCOc1cc(C=O)ccc1OC(CO)C(O)c1ccc(O)c(OC)c1. The van der Waals surface area contributed by atoms with Crippen LogP contribution in [-0.2, 0) is 0 Å². The molecule has 0 heterocycles. The van der Waals surface area contributed by atoms with Crippen molar-refractivity contribution in [2.75, 3.05) is 20.3 Å². The number of ether oxygens (including phenoxy) is 3. The Morgan fingerprint density at radius 3 is 2.50 bits per heavy atom. The first-order chi connectivity index (χ1) is 12.5. The second-order valence-corrected chi connectivity index (χ2v) is 5.47. The van der Waals surface area contributed by atoms with Crippen molar-refractivity contribution in [3.05, 3.63) is 47.5 Å². The third-order valence-electron chi connectivity index (χ3n) is 3.76. The van der Waals surface area contributed by atoms with Crippen molar-refractivity contribution in [1.29, 1.82) is 0 Å². The number of hydrogen-bond acceptors (Lipinski definition) is 7. The maximum atomic E-state index is 10.9. The Kier molecular flexibility index (Phi) is 6.82. The van der Waals surface area contributed by atoms with E-state index >= 15 is 0 Å². The zero-order valence-electron chi connectivity index (χ0n) is 14.6. The summed E-state index contributed by atoms with van der Waals surface area (Å²) < 4.78 is 16.2. The van der Waals surface area contributed by atoms with Crippen LogP contribution in [0.3, 0.4) is 0 Å². The fourth-order valence-corrected chi connectivity index (χ4v) is 2.42.